The zero-order chi connectivity index (χ0) is 13.3. The summed E-state index contributed by atoms with van der Waals surface area (Å²) in [4.78, 5) is 0.379. The third kappa shape index (κ3) is 2.63. The van der Waals surface area contributed by atoms with Crippen molar-refractivity contribution in [3.8, 4) is 0 Å². The first-order valence-electron chi connectivity index (χ1n) is 6.21. The third-order valence-electron chi connectivity index (χ3n) is 3.53. The first kappa shape index (κ1) is 14.0. The van der Waals surface area contributed by atoms with Gasteiger partial charge in [0.05, 0.1) is 4.90 Å². The van der Waals surface area contributed by atoms with E-state index in [-0.39, 0.29) is 0 Å². The molecule has 0 radical (unpaired) electrons. The van der Waals surface area contributed by atoms with Crippen LogP contribution in [0.25, 0.3) is 0 Å². The molecule has 100 valence electrons. The molecule has 2 rings (SSSR count). The van der Waals surface area contributed by atoms with Gasteiger partial charge in [0.1, 0.15) is 0 Å². The van der Waals surface area contributed by atoms with Crippen molar-refractivity contribution in [3.05, 3.63) is 28.2 Å². The van der Waals surface area contributed by atoms with Crippen LogP contribution in [0.4, 0.5) is 0 Å². The van der Waals surface area contributed by atoms with E-state index in [1.807, 2.05) is 19.1 Å². The number of sulfonamides is 1. The first-order valence-corrected chi connectivity index (χ1v) is 8.44. The summed E-state index contributed by atoms with van der Waals surface area (Å²) in [5.41, 5.74) is 1.05. The van der Waals surface area contributed by atoms with Gasteiger partial charge in [-0.05, 0) is 52.9 Å². The van der Waals surface area contributed by atoms with Gasteiger partial charge in [-0.15, -0.1) is 0 Å². The van der Waals surface area contributed by atoms with Crippen LogP contribution >= 0.6 is 15.9 Å². The molecule has 0 aliphatic carbocycles. The van der Waals surface area contributed by atoms with E-state index in [4.69, 9.17) is 0 Å². The highest BCUT2D eigenvalue weighted by molar-refractivity contribution is 9.10. The van der Waals surface area contributed by atoms with E-state index in [1.165, 1.54) is 0 Å². The van der Waals surface area contributed by atoms with E-state index in [0.717, 1.165) is 18.4 Å². The summed E-state index contributed by atoms with van der Waals surface area (Å²) in [6, 6.07) is 5.37. The monoisotopic (exact) mass is 331 g/mol. The molecule has 1 unspecified atom stereocenters. The summed E-state index contributed by atoms with van der Waals surface area (Å²) in [7, 11) is -3.34. The summed E-state index contributed by atoms with van der Waals surface area (Å²) in [6.07, 6.45) is 2.01. The van der Waals surface area contributed by atoms with Crippen molar-refractivity contribution in [1.82, 2.24) is 4.31 Å². The van der Waals surface area contributed by atoms with Crippen molar-refractivity contribution in [1.29, 1.82) is 0 Å². The third-order valence-corrected chi connectivity index (χ3v) is 6.37. The van der Waals surface area contributed by atoms with Crippen LogP contribution in [0.3, 0.4) is 0 Å². The van der Waals surface area contributed by atoms with Crippen molar-refractivity contribution < 1.29 is 8.42 Å². The van der Waals surface area contributed by atoms with Crippen LogP contribution in [0, 0.1) is 12.8 Å². The molecule has 0 N–H and O–H groups in total. The van der Waals surface area contributed by atoms with E-state index < -0.39 is 10.0 Å². The molecule has 1 aliphatic heterocycles. The van der Waals surface area contributed by atoms with Crippen LogP contribution in [0.2, 0.25) is 0 Å². The van der Waals surface area contributed by atoms with Crippen LogP contribution in [-0.2, 0) is 10.0 Å². The molecule has 1 saturated heterocycles. The average molecular weight is 332 g/mol. The summed E-state index contributed by atoms with van der Waals surface area (Å²) < 4.78 is 27.3. The smallest absolute Gasteiger partial charge is 0.207 e. The molecule has 0 aromatic heterocycles. The number of aryl methyl sites for hydroxylation is 1. The second-order valence-corrected chi connectivity index (χ2v) is 7.62. The molecule has 1 aromatic carbocycles. The second kappa shape index (κ2) is 5.31. The predicted octanol–water partition coefficient (Wildman–Crippen LogP) is 3.18. The van der Waals surface area contributed by atoms with Gasteiger partial charge >= 0.3 is 0 Å². The van der Waals surface area contributed by atoms with Crippen LogP contribution in [0.15, 0.2) is 27.6 Å². The van der Waals surface area contributed by atoms with Crippen LogP contribution in [0.5, 0.6) is 0 Å². The number of hydrogen-bond acceptors (Lipinski definition) is 2. The Morgan fingerprint density at radius 1 is 1.44 bits per heavy atom. The van der Waals surface area contributed by atoms with E-state index in [0.29, 0.717) is 28.4 Å². The Balaban J connectivity index is 2.31. The van der Waals surface area contributed by atoms with Gasteiger partial charge in [-0.1, -0.05) is 19.4 Å². The Kier molecular flexibility index (Phi) is 4.14. The highest BCUT2D eigenvalue weighted by Crippen LogP contribution is 2.30. The molecule has 5 heteroatoms. The van der Waals surface area contributed by atoms with Crippen molar-refractivity contribution in [3.63, 3.8) is 0 Å². The minimum absolute atomic E-state index is 0.379. The summed E-state index contributed by atoms with van der Waals surface area (Å²) in [5, 5.41) is 0. The number of benzene rings is 1. The highest BCUT2D eigenvalue weighted by Gasteiger charge is 2.32. The molecule has 1 aromatic rings. The van der Waals surface area contributed by atoms with Crippen molar-refractivity contribution in [2.75, 3.05) is 13.1 Å². The Bertz CT molecular complexity index is 542. The lowest BCUT2D eigenvalue weighted by Crippen LogP contribution is -2.29. The van der Waals surface area contributed by atoms with Crippen LogP contribution in [-0.4, -0.2) is 25.8 Å². The first-order chi connectivity index (χ1) is 8.45. The van der Waals surface area contributed by atoms with Gasteiger partial charge in [0, 0.05) is 17.6 Å². The fourth-order valence-corrected chi connectivity index (χ4v) is 4.99. The predicted molar refractivity (Wildman–Crippen MR) is 76.0 cm³/mol. The van der Waals surface area contributed by atoms with Crippen molar-refractivity contribution in [2.45, 2.75) is 31.6 Å². The lowest BCUT2D eigenvalue weighted by Gasteiger charge is -2.17. The molecule has 0 amide bonds. The van der Waals surface area contributed by atoms with Gasteiger partial charge in [0.15, 0.2) is 0 Å². The summed E-state index contributed by atoms with van der Waals surface area (Å²) in [5.74, 6) is 0.504. The molecular formula is C13H18BrNO2S. The van der Waals surface area contributed by atoms with Crippen molar-refractivity contribution in [2.24, 2.45) is 5.92 Å². The fraction of sp³-hybridized carbons (Fsp3) is 0.538. The molecule has 1 heterocycles. The summed E-state index contributed by atoms with van der Waals surface area (Å²) >= 11 is 3.36. The van der Waals surface area contributed by atoms with E-state index in [9.17, 15) is 8.42 Å². The second-order valence-electron chi connectivity index (χ2n) is 4.86. The van der Waals surface area contributed by atoms with Crippen LogP contribution < -0.4 is 0 Å². The minimum atomic E-state index is -3.34. The molecule has 0 spiro atoms. The Hall–Kier alpha value is -0.390. The van der Waals surface area contributed by atoms with E-state index in [1.54, 1.807) is 10.4 Å². The normalized spacial score (nSPS) is 21.4. The Morgan fingerprint density at radius 3 is 2.72 bits per heavy atom. The minimum Gasteiger partial charge on any atom is -0.207 e. The standard InChI is InChI=1S/C13H18BrNO2S/c1-3-11-6-7-15(9-11)18(16,17)13-5-4-10(2)8-12(13)14/h4-5,8,11H,3,6-7,9H2,1-2H3. The molecule has 1 atom stereocenters. The molecule has 1 aliphatic rings. The van der Waals surface area contributed by atoms with Gasteiger partial charge in [-0.25, -0.2) is 8.42 Å². The lowest BCUT2D eigenvalue weighted by molar-refractivity contribution is 0.452. The Labute approximate surface area is 117 Å². The average Bonchev–Trinajstić information content (AvgIpc) is 2.77. The van der Waals surface area contributed by atoms with Crippen LogP contribution in [0.1, 0.15) is 25.3 Å². The number of nitrogens with zero attached hydrogens (tertiary/aromatic N) is 1. The summed E-state index contributed by atoms with van der Waals surface area (Å²) in [6.45, 7) is 5.35. The van der Waals surface area contributed by atoms with Gasteiger partial charge in [-0.2, -0.15) is 4.31 Å². The quantitative estimate of drug-likeness (QED) is 0.853. The highest BCUT2D eigenvalue weighted by atomic mass is 79.9. The maximum atomic E-state index is 12.5. The molecule has 0 bridgehead atoms. The number of hydrogen-bond donors (Lipinski definition) is 0. The molecule has 0 saturated carbocycles. The molecule has 3 nitrogen and oxygen atoms in total. The molecular weight excluding hydrogens is 314 g/mol. The van der Waals surface area contributed by atoms with Gasteiger partial charge in [0.25, 0.3) is 0 Å². The lowest BCUT2D eigenvalue weighted by atomic mass is 10.1. The molecule has 18 heavy (non-hydrogen) atoms. The zero-order valence-corrected chi connectivity index (χ0v) is 13.1. The van der Waals surface area contributed by atoms with Gasteiger partial charge in [-0.3, -0.25) is 0 Å². The molecule has 1 fully saturated rings. The van der Waals surface area contributed by atoms with E-state index in [2.05, 4.69) is 22.9 Å². The number of rotatable bonds is 3. The largest absolute Gasteiger partial charge is 0.244 e. The maximum absolute atomic E-state index is 12.5. The SMILES string of the molecule is CCC1CCN(S(=O)(=O)c2ccc(C)cc2Br)C1. The zero-order valence-electron chi connectivity index (χ0n) is 10.7. The van der Waals surface area contributed by atoms with E-state index >= 15 is 0 Å². The maximum Gasteiger partial charge on any atom is 0.244 e. The van der Waals surface area contributed by atoms with Gasteiger partial charge < -0.3 is 0 Å². The Morgan fingerprint density at radius 2 is 2.17 bits per heavy atom. The number of halogens is 1. The fourth-order valence-electron chi connectivity index (χ4n) is 2.30. The van der Waals surface area contributed by atoms with Crippen molar-refractivity contribution >= 4 is 26.0 Å². The van der Waals surface area contributed by atoms with Gasteiger partial charge in [0.2, 0.25) is 10.0 Å². The topological polar surface area (TPSA) is 37.4 Å².